The minimum atomic E-state index is -0.288. The molecule has 1 aliphatic carbocycles. The molecule has 0 radical (unpaired) electrons. The highest BCUT2D eigenvalue weighted by molar-refractivity contribution is 5.81. The minimum absolute atomic E-state index is 0.122. The zero-order valence-electron chi connectivity index (χ0n) is 12.1. The lowest BCUT2D eigenvalue weighted by atomic mass is 10.2. The van der Waals surface area contributed by atoms with Crippen molar-refractivity contribution in [2.24, 2.45) is 5.11 Å². The fourth-order valence-electron chi connectivity index (χ4n) is 2.72. The van der Waals surface area contributed by atoms with Crippen molar-refractivity contribution >= 4 is 11.0 Å². The molecule has 0 N–H and O–H groups in total. The van der Waals surface area contributed by atoms with Gasteiger partial charge in [0.15, 0.2) is 0 Å². The fraction of sp³-hybridized carbons (Fsp3) is 0.267. The van der Waals surface area contributed by atoms with Gasteiger partial charge in [-0.1, -0.05) is 5.11 Å². The number of hydrogen-bond acceptors (Lipinski definition) is 4. The van der Waals surface area contributed by atoms with Crippen LogP contribution in [0.3, 0.4) is 0 Å². The lowest BCUT2D eigenvalue weighted by molar-refractivity contribution is 0.628. The van der Waals surface area contributed by atoms with Crippen LogP contribution in [-0.2, 0) is 6.54 Å². The third kappa shape index (κ3) is 2.39. The van der Waals surface area contributed by atoms with Gasteiger partial charge >= 0.3 is 0 Å². The first-order valence-electron chi connectivity index (χ1n) is 7.25. The highest BCUT2D eigenvalue weighted by Gasteiger charge is 2.29. The van der Waals surface area contributed by atoms with Crippen molar-refractivity contribution in [3.05, 3.63) is 52.7 Å². The number of fused-ring (bicyclic) bond motifs is 1. The summed E-state index contributed by atoms with van der Waals surface area (Å²) in [6.07, 6.45) is 5.14. The molecule has 1 fully saturated rings. The summed E-state index contributed by atoms with van der Waals surface area (Å²) >= 11 is 0. The Morgan fingerprint density at radius 3 is 3.04 bits per heavy atom. The molecule has 0 amide bonds. The van der Waals surface area contributed by atoms with Crippen LogP contribution in [0.4, 0.5) is 4.39 Å². The Kier molecular flexibility index (Phi) is 3.17. The summed E-state index contributed by atoms with van der Waals surface area (Å²) in [5, 5.41) is 3.58. The molecule has 0 spiro atoms. The smallest absolute Gasteiger partial charge is 0.144 e. The molecule has 7 nitrogen and oxygen atoms in total. The van der Waals surface area contributed by atoms with Crippen molar-refractivity contribution in [2.45, 2.75) is 25.4 Å². The van der Waals surface area contributed by atoms with Gasteiger partial charge in [-0.3, -0.25) is 0 Å². The summed E-state index contributed by atoms with van der Waals surface area (Å²) in [4.78, 5) is 15.7. The minimum Gasteiger partial charge on any atom is -0.321 e. The number of aromatic nitrogens is 4. The van der Waals surface area contributed by atoms with Crippen LogP contribution in [0.1, 0.15) is 24.6 Å². The molecule has 0 atom stereocenters. The summed E-state index contributed by atoms with van der Waals surface area (Å²) < 4.78 is 15.7. The van der Waals surface area contributed by atoms with Gasteiger partial charge in [0.05, 0.1) is 28.8 Å². The van der Waals surface area contributed by atoms with Crippen LogP contribution in [0, 0.1) is 5.82 Å². The van der Waals surface area contributed by atoms with Gasteiger partial charge in [-0.2, -0.15) is 0 Å². The molecule has 1 aliphatic rings. The first kappa shape index (κ1) is 13.7. The molecular formula is C15H12FN7. The molecule has 0 aliphatic heterocycles. The van der Waals surface area contributed by atoms with E-state index in [0.717, 1.165) is 23.9 Å². The van der Waals surface area contributed by atoms with Gasteiger partial charge < -0.3 is 4.57 Å². The number of azide groups is 1. The van der Waals surface area contributed by atoms with E-state index in [1.165, 1.54) is 18.5 Å². The summed E-state index contributed by atoms with van der Waals surface area (Å²) in [5.41, 5.74) is 11.4. The van der Waals surface area contributed by atoms with Gasteiger partial charge in [0.2, 0.25) is 0 Å². The standard InChI is InChI=1S/C15H12FN7/c16-9-1-4-12-14(5-9)23(10-2-3-10)15(21-12)11-6-18-8-19-13(11)7-20-22-17/h1,4-6,8,10H,2-3,7H2. The van der Waals surface area contributed by atoms with Crippen LogP contribution in [-0.4, -0.2) is 19.5 Å². The van der Waals surface area contributed by atoms with Gasteiger partial charge in [-0.05, 0) is 36.6 Å². The Morgan fingerprint density at radius 2 is 2.26 bits per heavy atom. The van der Waals surface area contributed by atoms with E-state index < -0.39 is 0 Å². The average Bonchev–Trinajstić information content (AvgIpc) is 3.34. The van der Waals surface area contributed by atoms with Gasteiger partial charge in [-0.25, -0.2) is 19.3 Å². The second-order valence-corrected chi connectivity index (χ2v) is 5.44. The molecule has 0 unspecified atom stereocenters. The van der Waals surface area contributed by atoms with Crippen LogP contribution in [0.2, 0.25) is 0 Å². The van der Waals surface area contributed by atoms with E-state index in [4.69, 9.17) is 5.53 Å². The van der Waals surface area contributed by atoms with Crippen LogP contribution in [0.15, 0.2) is 35.8 Å². The zero-order valence-corrected chi connectivity index (χ0v) is 12.1. The molecule has 23 heavy (non-hydrogen) atoms. The van der Waals surface area contributed by atoms with E-state index in [9.17, 15) is 4.39 Å². The number of hydrogen-bond donors (Lipinski definition) is 0. The second-order valence-electron chi connectivity index (χ2n) is 5.44. The zero-order chi connectivity index (χ0) is 15.8. The van der Waals surface area contributed by atoms with E-state index in [2.05, 4.69) is 25.0 Å². The maximum atomic E-state index is 13.6. The third-order valence-corrected chi connectivity index (χ3v) is 3.88. The molecule has 4 rings (SSSR count). The largest absolute Gasteiger partial charge is 0.321 e. The number of rotatable bonds is 4. The van der Waals surface area contributed by atoms with Crippen molar-refractivity contribution in [3.63, 3.8) is 0 Å². The molecule has 0 saturated heterocycles. The topological polar surface area (TPSA) is 92.4 Å². The van der Waals surface area contributed by atoms with Crippen molar-refractivity contribution in [2.75, 3.05) is 0 Å². The highest BCUT2D eigenvalue weighted by Crippen LogP contribution is 2.41. The number of benzene rings is 1. The lowest BCUT2D eigenvalue weighted by Gasteiger charge is -2.09. The Bertz CT molecular complexity index is 938. The van der Waals surface area contributed by atoms with E-state index in [1.807, 2.05) is 4.57 Å². The summed E-state index contributed by atoms with van der Waals surface area (Å²) in [7, 11) is 0. The number of imidazole rings is 1. The molecule has 1 saturated carbocycles. The van der Waals surface area contributed by atoms with Crippen molar-refractivity contribution < 1.29 is 4.39 Å². The Hall–Kier alpha value is -2.99. The Balaban J connectivity index is 1.95. The predicted octanol–water partition coefficient (Wildman–Crippen LogP) is 3.78. The average molecular weight is 309 g/mol. The quantitative estimate of drug-likeness (QED) is 0.417. The monoisotopic (exact) mass is 309 g/mol. The first-order chi connectivity index (χ1) is 11.3. The SMILES string of the molecule is [N-]=[N+]=NCc1ncncc1-c1nc2ccc(F)cc2n1C1CC1. The van der Waals surface area contributed by atoms with E-state index in [0.29, 0.717) is 23.1 Å². The van der Waals surface area contributed by atoms with Crippen LogP contribution < -0.4 is 0 Å². The number of nitrogens with zero attached hydrogens (tertiary/aromatic N) is 7. The second kappa shape index (κ2) is 5.33. The van der Waals surface area contributed by atoms with E-state index in [1.54, 1.807) is 12.3 Å². The van der Waals surface area contributed by atoms with Gasteiger partial charge in [-0.15, -0.1) is 0 Å². The molecule has 2 heterocycles. The van der Waals surface area contributed by atoms with E-state index in [-0.39, 0.29) is 12.4 Å². The fourth-order valence-corrected chi connectivity index (χ4v) is 2.72. The highest BCUT2D eigenvalue weighted by atomic mass is 19.1. The van der Waals surface area contributed by atoms with Gasteiger partial charge in [0.25, 0.3) is 0 Å². The molecular weight excluding hydrogens is 297 g/mol. The Labute approximate surface area is 130 Å². The molecule has 2 aromatic heterocycles. The molecule has 0 bridgehead atoms. The van der Waals surface area contributed by atoms with Gasteiger partial charge in [0, 0.05) is 17.2 Å². The molecule has 3 aromatic rings. The molecule has 1 aromatic carbocycles. The number of halogens is 1. The summed E-state index contributed by atoms with van der Waals surface area (Å²) in [6, 6.07) is 4.88. The molecule has 8 heteroatoms. The predicted molar refractivity (Wildman–Crippen MR) is 81.8 cm³/mol. The maximum Gasteiger partial charge on any atom is 0.144 e. The lowest BCUT2D eigenvalue weighted by Crippen LogP contribution is -2.02. The van der Waals surface area contributed by atoms with Crippen LogP contribution >= 0.6 is 0 Å². The van der Waals surface area contributed by atoms with Crippen molar-refractivity contribution in [1.29, 1.82) is 0 Å². The van der Waals surface area contributed by atoms with E-state index >= 15 is 0 Å². The van der Waals surface area contributed by atoms with Crippen molar-refractivity contribution in [3.8, 4) is 11.4 Å². The third-order valence-electron chi connectivity index (χ3n) is 3.88. The summed E-state index contributed by atoms with van der Waals surface area (Å²) in [6.45, 7) is 0.122. The van der Waals surface area contributed by atoms with Crippen LogP contribution in [0.25, 0.3) is 32.9 Å². The summed E-state index contributed by atoms with van der Waals surface area (Å²) in [5.74, 6) is 0.404. The molecule has 114 valence electrons. The maximum absolute atomic E-state index is 13.6. The normalized spacial score (nSPS) is 14.0. The Morgan fingerprint density at radius 1 is 1.39 bits per heavy atom. The first-order valence-corrected chi connectivity index (χ1v) is 7.25. The van der Waals surface area contributed by atoms with Crippen molar-refractivity contribution in [1.82, 2.24) is 19.5 Å². The van der Waals surface area contributed by atoms with Crippen LogP contribution in [0.5, 0.6) is 0 Å². The van der Waals surface area contributed by atoms with Gasteiger partial charge in [0.1, 0.15) is 18.0 Å².